The lowest BCUT2D eigenvalue weighted by Crippen LogP contribution is -2.03. The summed E-state index contributed by atoms with van der Waals surface area (Å²) in [4.78, 5) is 0. The molecule has 2 aromatic rings. The van der Waals surface area contributed by atoms with Crippen LogP contribution in [0.15, 0.2) is 18.2 Å². The summed E-state index contributed by atoms with van der Waals surface area (Å²) < 4.78 is 0. The van der Waals surface area contributed by atoms with E-state index in [1.54, 1.807) is 0 Å². The fourth-order valence-electron chi connectivity index (χ4n) is 1.65. The van der Waals surface area contributed by atoms with E-state index in [-0.39, 0.29) is 0 Å². The molecule has 0 atom stereocenters. The van der Waals surface area contributed by atoms with Crippen LogP contribution in [0.5, 0.6) is 0 Å². The molecule has 0 bridgehead atoms. The molecule has 0 saturated heterocycles. The van der Waals surface area contributed by atoms with Crippen LogP contribution in [0, 0.1) is 18.3 Å². The number of benzene rings is 1. The monoisotopic (exact) mass is 212 g/mol. The summed E-state index contributed by atoms with van der Waals surface area (Å²) in [6.07, 6.45) is 0. The number of rotatable bonds is 2. The Morgan fingerprint density at radius 2 is 2.19 bits per heavy atom. The molecule has 0 aliphatic carbocycles. The maximum atomic E-state index is 8.98. The summed E-state index contributed by atoms with van der Waals surface area (Å²) in [6, 6.07) is 7.97. The maximum Gasteiger partial charge on any atom is 0.186 e. The number of hydrogen-bond acceptors (Lipinski definition) is 4. The van der Waals surface area contributed by atoms with Crippen molar-refractivity contribution in [2.75, 3.05) is 11.9 Å². The summed E-state index contributed by atoms with van der Waals surface area (Å²) in [7, 11) is 0. The minimum Gasteiger partial charge on any atom is -0.382 e. The second-order valence-electron chi connectivity index (χ2n) is 3.59. The van der Waals surface area contributed by atoms with E-state index in [0.717, 1.165) is 28.7 Å². The van der Waals surface area contributed by atoms with E-state index in [1.165, 1.54) is 0 Å². The molecule has 4 heteroatoms. The van der Waals surface area contributed by atoms with Crippen molar-refractivity contribution in [1.82, 2.24) is 10.2 Å². The van der Waals surface area contributed by atoms with Crippen LogP contribution < -0.4 is 5.32 Å². The molecule has 1 heterocycles. The molecular formula is C12H12N4. The Morgan fingerprint density at radius 3 is 2.88 bits per heavy atom. The highest BCUT2D eigenvalue weighted by Crippen LogP contribution is 2.24. The zero-order valence-corrected chi connectivity index (χ0v) is 9.28. The molecule has 4 nitrogen and oxygen atoms in total. The molecule has 0 saturated carbocycles. The Morgan fingerprint density at radius 1 is 1.38 bits per heavy atom. The zero-order valence-electron chi connectivity index (χ0n) is 9.28. The standard InChI is InChI=1S/C12H12N4/c1-3-14-12-9-6-8(2)4-5-10(9)15-16-11(12)7-13/h4-6H,3H2,1-2H3,(H,14,15). The summed E-state index contributed by atoms with van der Waals surface area (Å²) >= 11 is 0. The third-order valence-electron chi connectivity index (χ3n) is 2.38. The number of aromatic nitrogens is 2. The topological polar surface area (TPSA) is 61.6 Å². The number of anilines is 1. The molecule has 2 rings (SSSR count). The summed E-state index contributed by atoms with van der Waals surface area (Å²) in [5.41, 5.74) is 3.07. The molecule has 1 aromatic heterocycles. The lowest BCUT2D eigenvalue weighted by atomic mass is 10.1. The van der Waals surface area contributed by atoms with Gasteiger partial charge in [-0.25, -0.2) is 0 Å². The van der Waals surface area contributed by atoms with E-state index in [2.05, 4.69) is 21.6 Å². The van der Waals surface area contributed by atoms with Gasteiger partial charge in [0.25, 0.3) is 0 Å². The van der Waals surface area contributed by atoms with E-state index < -0.39 is 0 Å². The normalized spacial score (nSPS) is 10.1. The quantitative estimate of drug-likeness (QED) is 0.829. The molecule has 0 aliphatic heterocycles. The van der Waals surface area contributed by atoms with Gasteiger partial charge in [0.2, 0.25) is 0 Å². The Kier molecular flexibility index (Phi) is 2.69. The highest BCUT2D eigenvalue weighted by molar-refractivity contribution is 5.93. The lowest BCUT2D eigenvalue weighted by molar-refractivity contribution is 1.04. The fraction of sp³-hybridized carbons (Fsp3) is 0.250. The van der Waals surface area contributed by atoms with Gasteiger partial charge in [0.1, 0.15) is 6.07 Å². The number of fused-ring (bicyclic) bond motifs is 1. The fourth-order valence-corrected chi connectivity index (χ4v) is 1.65. The first kappa shape index (κ1) is 10.4. The Hall–Kier alpha value is -2.15. The van der Waals surface area contributed by atoms with Crippen LogP contribution in [-0.2, 0) is 0 Å². The molecule has 0 fully saturated rings. The predicted octanol–water partition coefficient (Wildman–Crippen LogP) is 2.24. The highest BCUT2D eigenvalue weighted by Gasteiger charge is 2.09. The van der Waals surface area contributed by atoms with Crippen molar-refractivity contribution < 1.29 is 0 Å². The third-order valence-corrected chi connectivity index (χ3v) is 2.38. The zero-order chi connectivity index (χ0) is 11.5. The van der Waals surface area contributed by atoms with Gasteiger partial charge in [-0.2, -0.15) is 5.26 Å². The number of nitrogens with one attached hydrogen (secondary N) is 1. The van der Waals surface area contributed by atoms with Gasteiger partial charge < -0.3 is 5.32 Å². The van der Waals surface area contributed by atoms with Crippen LogP contribution in [0.2, 0.25) is 0 Å². The van der Waals surface area contributed by atoms with Crippen LogP contribution in [0.3, 0.4) is 0 Å². The largest absolute Gasteiger partial charge is 0.382 e. The first-order valence-corrected chi connectivity index (χ1v) is 5.17. The van der Waals surface area contributed by atoms with Gasteiger partial charge in [0, 0.05) is 11.9 Å². The Balaban J connectivity index is 2.77. The van der Waals surface area contributed by atoms with Crippen molar-refractivity contribution in [1.29, 1.82) is 5.26 Å². The molecule has 0 spiro atoms. The second-order valence-corrected chi connectivity index (χ2v) is 3.59. The van der Waals surface area contributed by atoms with Crippen LogP contribution in [-0.4, -0.2) is 16.7 Å². The van der Waals surface area contributed by atoms with Crippen LogP contribution in [0.4, 0.5) is 5.69 Å². The molecule has 80 valence electrons. The van der Waals surface area contributed by atoms with Crippen molar-refractivity contribution in [3.8, 4) is 6.07 Å². The molecule has 0 unspecified atom stereocenters. The van der Waals surface area contributed by atoms with E-state index in [9.17, 15) is 0 Å². The molecule has 16 heavy (non-hydrogen) atoms. The van der Waals surface area contributed by atoms with Crippen molar-refractivity contribution in [2.45, 2.75) is 13.8 Å². The van der Waals surface area contributed by atoms with E-state index >= 15 is 0 Å². The van der Waals surface area contributed by atoms with Gasteiger partial charge in [-0.15, -0.1) is 10.2 Å². The van der Waals surface area contributed by atoms with Crippen LogP contribution in [0.25, 0.3) is 10.9 Å². The van der Waals surface area contributed by atoms with Crippen LogP contribution in [0.1, 0.15) is 18.2 Å². The highest BCUT2D eigenvalue weighted by atomic mass is 15.1. The van der Waals surface area contributed by atoms with Gasteiger partial charge in [-0.3, -0.25) is 0 Å². The maximum absolute atomic E-state index is 8.98. The van der Waals surface area contributed by atoms with Crippen LogP contribution >= 0.6 is 0 Å². The first-order valence-electron chi connectivity index (χ1n) is 5.17. The number of aryl methyl sites for hydroxylation is 1. The number of nitrogens with zero attached hydrogens (tertiary/aromatic N) is 3. The predicted molar refractivity (Wildman–Crippen MR) is 63.2 cm³/mol. The van der Waals surface area contributed by atoms with Gasteiger partial charge in [-0.05, 0) is 26.0 Å². The minimum absolute atomic E-state index is 0.347. The molecule has 1 aromatic carbocycles. The van der Waals surface area contributed by atoms with Gasteiger partial charge in [0.05, 0.1) is 11.2 Å². The van der Waals surface area contributed by atoms with E-state index in [0.29, 0.717) is 5.69 Å². The SMILES string of the molecule is CCNc1c(C#N)nnc2ccc(C)cc12. The molecular weight excluding hydrogens is 200 g/mol. The average Bonchev–Trinajstić information content (AvgIpc) is 2.30. The number of nitriles is 1. The Bertz CT molecular complexity index is 569. The van der Waals surface area contributed by atoms with Crippen molar-refractivity contribution in [3.63, 3.8) is 0 Å². The average molecular weight is 212 g/mol. The third kappa shape index (κ3) is 1.68. The Labute approximate surface area is 93.9 Å². The smallest absolute Gasteiger partial charge is 0.186 e. The summed E-state index contributed by atoms with van der Waals surface area (Å²) in [5.74, 6) is 0. The molecule has 1 N–H and O–H groups in total. The van der Waals surface area contributed by atoms with Gasteiger partial charge in [-0.1, -0.05) is 11.6 Å². The van der Waals surface area contributed by atoms with Crippen molar-refractivity contribution in [3.05, 3.63) is 29.5 Å². The minimum atomic E-state index is 0.347. The van der Waals surface area contributed by atoms with Gasteiger partial charge in [0.15, 0.2) is 5.69 Å². The van der Waals surface area contributed by atoms with Gasteiger partial charge >= 0.3 is 0 Å². The van der Waals surface area contributed by atoms with Crippen molar-refractivity contribution in [2.24, 2.45) is 0 Å². The first-order chi connectivity index (χ1) is 7.76. The second kappa shape index (κ2) is 4.15. The molecule has 0 aliphatic rings. The summed E-state index contributed by atoms with van der Waals surface area (Å²) in [6.45, 7) is 4.76. The molecule has 0 amide bonds. The lowest BCUT2D eigenvalue weighted by Gasteiger charge is -2.08. The van der Waals surface area contributed by atoms with Crippen molar-refractivity contribution >= 4 is 16.6 Å². The summed E-state index contributed by atoms with van der Waals surface area (Å²) in [5, 5.41) is 21.0. The number of hydrogen-bond donors (Lipinski definition) is 1. The van der Waals surface area contributed by atoms with E-state index in [4.69, 9.17) is 5.26 Å². The van der Waals surface area contributed by atoms with E-state index in [1.807, 2.05) is 32.0 Å². The molecule has 0 radical (unpaired) electrons.